The van der Waals surface area contributed by atoms with E-state index in [4.69, 9.17) is 10.8 Å². The van der Waals surface area contributed by atoms with Gasteiger partial charge in [0, 0.05) is 6.61 Å². The van der Waals surface area contributed by atoms with E-state index in [1.165, 1.54) is 6.33 Å². The van der Waals surface area contributed by atoms with Crippen LogP contribution in [-0.2, 0) is 0 Å². The quantitative estimate of drug-likeness (QED) is 0.571. The zero-order valence-corrected chi connectivity index (χ0v) is 10.8. The summed E-state index contributed by atoms with van der Waals surface area (Å²) in [5.41, 5.74) is 6.76. The van der Waals surface area contributed by atoms with Gasteiger partial charge < -0.3 is 25.6 Å². The van der Waals surface area contributed by atoms with E-state index in [0.29, 0.717) is 24.0 Å². The van der Waals surface area contributed by atoms with Crippen LogP contribution in [0.5, 0.6) is 0 Å². The van der Waals surface area contributed by atoms with Crippen LogP contribution in [0.4, 0.5) is 5.82 Å². The molecule has 8 heteroatoms. The molecule has 0 aromatic carbocycles. The standard InChI is InChI=1S/C12H17N5O3/c13-11-8-12(15-4-14-11)17(5-16-8)7-3-6(1-2-18)9(19)10(7)20/h4-7,9-10,18-20H,1-3H2,(H2,13,14,15)/t6-,7+,9+,10-/m0/s1. The summed E-state index contributed by atoms with van der Waals surface area (Å²) < 4.78 is 1.72. The number of aromatic nitrogens is 4. The van der Waals surface area contributed by atoms with Gasteiger partial charge in [-0.2, -0.15) is 0 Å². The highest BCUT2D eigenvalue weighted by Gasteiger charge is 2.42. The molecule has 108 valence electrons. The van der Waals surface area contributed by atoms with Crippen molar-refractivity contribution in [2.75, 3.05) is 12.3 Å². The average molecular weight is 279 g/mol. The van der Waals surface area contributed by atoms with Gasteiger partial charge in [-0.3, -0.25) is 0 Å². The number of aliphatic hydroxyl groups excluding tert-OH is 3. The van der Waals surface area contributed by atoms with Crippen LogP contribution in [0.15, 0.2) is 12.7 Å². The third-order valence-corrected chi connectivity index (χ3v) is 4.02. The minimum Gasteiger partial charge on any atom is -0.396 e. The van der Waals surface area contributed by atoms with Crippen molar-refractivity contribution in [3.63, 3.8) is 0 Å². The maximum Gasteiger partial charge on any atom is 0.165 e. The summed E-state index contributed by atoms with van der Waals surface area (Å²) in [7, 11) is 0. The molecule has 1 saturated carbocycles. The molecule has 0 saturated heterocycles. The Kier molecular flexibility index (Phi) is 3.28. The van der Waals surface area contributed by atoms with Crippen molar-refractivity contribution in [3.05, 3.63) is 12.7 Å². The lowest BCUT2D eigenvalue weighted by atomic mass is 10.0. The molecule has 8 nitrogen and oxygen atoms in total. The van der Waals surface area contributed by atoms with Gasteiger partial charge in [0.1, 0.15) is 17.9 Å². The normalized spacial score (nSPS) is 30.1. The monoisotopic (exact) mass is 279 g/mol. The first-order valence-electron chi connectivity index (χ1n) is 6.53. The number of hydrogen-bond acceptors (Lipinski definition) is 7. The Balaban J connectivity index is 1.97. The molecule has 1 aliphatic rings. The van der Waals surface area contributed by atoms with Crippen molar-refractivity contribution >= 4 is 17.0 Å². The molecule has 20 heavy (non-hydrogen) atoms. The first-order chi connectivity index (χ1) is 9.63. The first-order valence-corrected chi connectivity index (χ1v) is 6.53. The molecule has 0 aliphatic heterocycles. The lowest BCUT2D eigenvalue weighted by Gasteiger charge is -2.18. The number of imidazole rings is 1. The van der Waals surface area contributed by atoms with E-state index in [-0.39, 0.29) is 24.4 Å². The van der Waals surface area contributed by atoms with E-state index < -0.39 is 12.2 Å². The topological polar surface area (TPSA) is 130 Å². The molecule has 0 spiro atoms. The predicted octanol–water partition coefficient (Wildman–Crippen LogP) is -0.926. The molecule has 2 aromatic rings. The Labute approximate surface area is 114 Å². The van der Waals surface area contributed by atoms with Crippen LogP contribution >= 0.6 is 0 Å². The zero-order valence-electron chi connectivity index (χ0n) is 10.8. The van der Waals surface area contributed by atoms with E-state index in [9.17, 15) is 10.2 Å². The van der Waals surface area contributed by atoms with Gasteiger partial charge in [-0.15, -0.1) is 0 Å². The van der Waals surface area contributed by atoms with Gasteiger partial charge in [0.2, 0.25) is 0 Å². The maximum atomic E-state index is 10.2. The minimum absolute atomic E-state index is 0.0129. The molecule has 5 N–H and O–H groups in total. The lowest BCUT2D eigenvalue weighted by Crippen LogP contribution is -2.29. The van der Waals surface area contributed by atoms with Crippen molar-refractivity contribution in [1.82, 2.24) is 19.5 Å². The Morgan fingerprint density at radius 3 is 2.80 bits per heavy atom. The van der Waals surface area contributed by atoms with Crippen molar-refractivity contribution in [2.45, 2.75) is 31.1 Å². The third-order valence-electron chi connectivity index (χ3n) is 4.02. The molecule has 0 unspecified atom stereocenters. The Morgan fingerprint density at radius 2 is 2.05 bits per heavy atom. The minimum atomic E-state index is -0.917. The molecule has 1 aliphatic carbocycles. The predicted molar refractivity (Wildman–Crippen MR) is 70.6 cm³/mol. The average Bonchev–Trinajstić information content (AvgIpc) is 2.97. The molecular formula is C12H17N5O3. The summed E-state index contributed by atoms with van der Waals surface area (Å²) in [6.45, 7) is -0.0129. The first kappa shape index (κ1) is 13.2. The second-order valence-electron chi connectivity index (χ2n) is 5.14. The molecule has 0 radical (unpaired) electrons. The number of rotatable bonds is 3. The molecule has 0 amide bonds. The maximum absolute atomic E-state index is 10.2. The van der Waals surface area contributed by atoms with Gasteiger partial charge in [-0.05, 0) is 18.8 Å². The highest BCUT2D eigenvalue weighted by molar-refractivity contribution is 5.81. The summed E-state index contributed by atoms with van der Waals surface area (Å²) >= 11 is 0. The smallest absolute Gasteiger partial charge is 0.165 e. The van der Waals surface area contributed by atoms with E-state index in [0.717, 1.165) is 0 Å². The molecule has 4 atom stereocenters. The molecule has 0 bridgehead atoms. The van der Waals surface area contributed by atoms with Gasteiger partial charge in [0.25, 0.3) is 0 Å². The zero-order chi connectivity index (χ0) is 14.3. The number of fused-ring (bicyclic) bond motifs is 1. The van der Waals surface area contributed by atoms with Crippen LogP contribution in [0.2, 0.25) is 0 Å². The van der Waals surface area contributed by atoms with E-state index in [2.05, 4.69) is 15.0 Å². The van der Waals surface area contributed by atoms with E-state index >= 15 is 0 Å². The van der Waals surface area contributed by atoms with Crippen molar-refractivity contribution < 1.29 is 15.3 Å². The third kappa shape index (κ3) is 1.92. The molecule has 2 heterocycles. The number of aliphatic hydroxyl groups is 3. The van der Waals surface area contributed by atoms with Crippen LogP contribution < -0.4 is 5.73 Å². The van der Waals surface area contributed by atoms with Gasteiger partial charge in [0.15, 0.2) is 11.5 Å². The molecule has 1 fully saturated rings. The second kappa shape index (κ2) is 4.97. The number of nitrogen functional groups attached to an aromatic ring is 1. The SMILES string of the molecule is Nc1ncnc2c1ncn2[C@@H]1C[C@H](CCO)[C@@H](O)[C@H]1O. The summed E-state index contributed by atoms with van der Waals surface area (Å²) in [5, 5.41) is 29.2. The fraction of sp³-hybridized carbons (Fsp3) is 0.583. The molecule has 3 rings (SSSR count). The summed E-state index contributed by atoms with van der Waals surface area (Å²) in [4.78, 5) is 12.2. The van der Waals surface area contributed by atoms with Crippen molar-refractivity contribution in [3.8, 4) is 0 Å². The van der Waals surface area contributed by atoms with Gasteiger partial charge in [-0.25, -0.2) is 15.0 Å². The number of anilines is 1. The number of nitrogens with zero attached hydrogens (tertiary/aromatic N) is 4. The Hall–Kier alpha value is -1.77. The van der Waals surface area contributed by atoms with Crippen LogP contribution in [0.3, 0.4) is 0 Å². The lowest BCUT2D eigenvalue weighted by molar-refractivity contribution is 0.00275. The van der Waals surface area contributed by atoms with Crippen LogP contribution in [0.25, 0.3) is 11.2 Å². The highest BCUT2D eigenvalue weighted by atomic mass is 16.3. The van der Waals surface area contributed by atoms with E-state index in [1.54, 1.807) is 10.9 Å². The largest absolute Gasteiger partial charge is 0.396 e. The summed E-state index contributed by atoms with van der Waals surface area (Å²) in [5.74, 6) is 0.144. The molecule has 2 aromatic heterocycles. The van der Waals surface area contributed by atoms with Crippen molar-refractivity contribution in [2.24, 2.45) is 5.92 Å². The van der Waals surface area contributed by atoms with Crippen molar-refractivity contribution in [1.29, 1.82) is 0 Å². The van der Waals surface area contributed by atoms with Gasteiger partial charge in [0.05, 0.1) is 18.5 Å². The Bertz CT molecular complexity index is 616. The number of hydrogen-bond donors (Lipinski definition) is 4. The van der Waals surface area contributed by atoms with E-state index in [1.807, 2.05) is 0 Å². The van der Waals surface area contributed by atoms with Crippen LogP contribution in [-0.4, -0.2) is 53.7 Å². The number of nitrogens with two attached hydrogens (primary N) is 1. The fourth-order valence-electron chi connectivity index (χ4n) is 2.94. The van der Waals surface area contributed by atoms with Crippen LogP contribution in [0, 0.1) is 5.92 Å². The summed E-state index contributed by atoms with van der Waals surface area (Å²) in [6.07, 6.45) is 2.14. The summed E-state index contributed by atoms with van der Waals surface area (Å²) in [6, 6.07) is -0.333. The highest BCUT2D eigenvalue weighted by Crippen LogP contribution is 2.38. The van der Waals surface area contributed by atoms with Crippen LogP contribution in [0.1, 0.15) is 18.9 Å². The molecular weight excluding hydrogens is 262 g/mol. The second-order valence-corrected chi connectivity index (χ2v) is 5.14. The fourth-order valence-corrected chi connectivity index (χ4v) is 2.94. The van der Waals surface area contributed by atoms with Gasteiger partial charge >= 0.3 is 0 Å². The van der Waals surface area contributed by atoms with Gasteiger partial charge in [-0.1, -0.05) is 0 Å². The Morgan fingerprint density at radius 1 is 1.25 bits per heavy atom.